The summed E-state index contributed by atoms with van der Waals surface area (Å²) in [4.78, 5) is 21.7. The SMILES string of the molecule is COc1cccc(OC(=O)CC(C)C=O)c1. The molecule has 0 N–H and O–H groups in total. The highest BCUT2D eigenvalue weighted by Gasteiger charge is 2.10. The molecule has 0 spiro atoms. The Hall–Kier alpha value is -1.84. The van der Waals surface area contributed by atoms with Gasteiger partial charge in [-0.15, -0.1) is 0 Å². The van der Waals surface area contributed by atoms with E-state index in [9.17, 15) is 9.59 Å². The van der Waals surface area contributed by atoms with Gasteiger partial charge in [0.15, 0.2) is 0 Å². The highest BCUT2D eigenvalue weighted by molar-refractivity contribution is 5.75. The topological polar surface area (TPSA) is 52.6 Å². The molecule has 1 atom stereocenters. The number of hydrogen-bond acceptors (Lipinski definition) is 4. The predicted molar refractivity (Wildman–Crippen MR) is 58.5 cm³/mol. The van der Waals surface area contributed by atoms with Crippen molar-refractivity contribution in [3.63, 3.8) is 0 Å². The molecule has 0 saturated carbocycles. The Kier molecular flexibility index (Phi) is 4.51. The van der Waals surface area contributed by atoms with Crippen molar-refractivity contribution in [2.45, 2.75) is 13.3 Å². The fraction of sp³-hybridized carbons (Fsp3) is 0.333. The van der Waals surface area contributed by atoms with E-state index < -0.39 is 5.97 Å². The fourth-order valence-corrected chi connectivity index (χ4v) is 1.15. The van der Waals surface area contributed by atoms with Gasteiger partial charge in [0.1, 0.15) is 17.8 Å². The van der Waals surface area contributed by atoms with E-state index >= 15 is 0 Å². The fourth-order valence-electron chi connectivity index (χ4n) is 1.15. The maximum atomic E-state index is 11.4. The highest BCUT2D eigenvalue weighted by atomic mass is 16.5. The van der Waals surface area contributed by atoms with Crippen LogP contribution in [0.2, 0.25) is 0 Å². The van der Waals surface area contributed by atoms with Gasteiger partial charge in [-0.25, -0.2) is 0 Å². The molecule has 0 radical (unpaired) electrons. The first-order chi connectivity index (χ1) is 7.65. The van der Waals surface area contributed by atoms with Crippen LogP contribution < -0.4 is 9.47 Å². The number of carbonyl (C=O) groups is 2. The van der Waals surface area contributed by atoms with Gasteiger partial charge >= 0.3 is 5.97 Å². The van der Waals surface area contributed by atoms with E-state index in [2.05, 4.69) is 0 Å². The third-order valence-corrected chi connectivity index (χ3v) is 1.99. The maximum Gasteiger partial charge on any atom is 0.311 e. The lowest BCUT2D eigenvalue weighted by Gasteiger charge is -2.06. The number of rotatable bonds is 5. The summed E-state index contributed by atoms with van der Waals surface area (Å²) >= 11 is 0. The summed E-state index contributed by atoms with van der Waals surface area (Å²) in [5.74, 6) is 0.294. The van der Waals surface area contributed by atoms with Crippen molar-refractivity contribution in [3.8, 4) is 11.5 Å². The van der Waals surface area contributed by atoms with Crippen molar-refractivity contribution >= 4 is 12.3 Å². The Morgan fingerprint density at radius 2 is 2.12 bits per heavy atom. The van der Waals surface area contributed by atoms with E-state index in [0.29, 0.717) is 11.5 Å². The quantitative estimate of drug-likeness (QED) is 0.433. The number of methoxy groups -OCH3 is 1. The zero-order chi connectivity index (χ0) is 12.0. The third-order valence-electron chi connectivity index (χ3n) is 1.99. The van der Waals surface area contributed by atoms with E-state index in [0.717, 1.165) is 6.29 Å². The molecule has 0 saturated heterocycles. The average Bonchev–Trinajstić information content (AvgIpc) is 2.28. The molecule has 4 heteroatoms. The molecule has 0 heterocycles. The molecule has 0 fully saturated rings. The Bertz CT molecular complexity index is 373. The van der Waals surface area contributed by atoms with Crippen LogP contribution in [0.25, 0.3) is 0 Å². The van der Waals surface area contributed by atoms with Crippen LogP contribution >= 0.6 is 0 Å². The average molecular weight is 222 g/mol. The van der Waals surface area contributed by atoms with Crippen LogP contribution in [-0.4, -0.2) is 19.4 Å². The monoisotopic (exact) mass is 222 g/mol. The maximum absolute atomic E-state index is 11.4. The number of ether oxygens (including phenoxy) is 2. The van der Waals surface area contributed by atoms with Gasteiger partial charge in [-0.2, -0.15) is 0 Å². The summed E-state index contributed by atoms with van der Waals surface area (Å²) in [6, 6.07) is 6.76. The van der Waals surface area contributed by atoms with Crippen LogP contribution in [-0.2, 0) is 9.59 Å². The van der Waals surface area contributed by atoms with Gasteiger partial charge in [-0.05, 0) is 12.1 Å². The molecule has 0 aliphatic rings. The highest BCUT2D eigenvalue weighted by Crippen LogP contribution is 2.19. The molecule has 86 valence electrons. The molecule has 0 amide bonds. The summed E-state index contributed by atoms with van der Waals surface area (Å²) in [5, 5.41) is 0. The van der Waals surface area contributed by atoms with Crippen molar-refractivity contribution in [3.05, 3.63) is 24.3 Å². The van der Waals surface area contributed by atoms with Gasteiger partial charge in [0.25, 0.3) is 0 Å². The molecule has 0 bridgehead atoms. The Balaban J connectivity index is 2.58. The van der Waals surface area contributed by atoms with Crippen LogP contribution in [0.4, 0.5) is 0 Å². The van der Waals surface area contributed by atoms with Crippen LogP contribution in [0.5, 0.6) is 11.5 Å². The molecule has 16 heavy (non-hydrogen) atoms. The minimum Gasteiger partial charge on any atom is -0.497 e. The van der Waals surface area contributed by atoms with Crippen molar-refractivity contribution in [1.82, 2.24) is 0 Å². The summed E-state index contributed by atoms with van der Waals surface area (Å²) < 4.78 is 10.0. The van der Waals surface area contributed by atoms with E-state index in [1.165, 1.54) is 7.11 Å². The van der Waals surface area contributed by atoms with E-state index in [4.69, 9.17) is 9.47 Å². The third kappa shape index (κ3) is 3.73. The van der Waals surface area contributed by atoms with Crippen LogP contribution in [0.3, 0.4) is 0 Å². The molecule has 4 nitrogen and oxygen atoms in total. The molecular formula is C12H14O4. The van der Waals surface area contributed by atoms with Gasteiger partial charge in [-0.3, -0.25) is 4.79 Å². The largest absolute Gasteiger partial charge is 0.497 e. The lowest BCUT2D eigenvalue weighted by Crippen LogP contribution is -2.12. The predicted octanol–water partition coefficient (Wildman–Crippen LogP) is 1.83. The van der Waals surface area contributed by atoms with E-state index in [1.54, 1.807) is 31.2 Å². The Morgan fingerprint density at radius 1 is 1.44 bits per heavy atom. The molecule has 0 aromatic heterocycles. The minimum absolute atomic E-state index is 0.0840. The molecular weight excluding hydrogens is 208 g/mol. The van der Waals surface area contributed by atoms with Crippen molar-refractivity contribution < 1.29 is 19.1 Å². The zero-order valence-corrected chi connectivity index (χ0v) is 9.30. The number of benzene rings is 1. The summed E-state index contributed by atoms with van der Waals surface area (Å²) in [7, 11) is 1.54. The minimum atomic E-state index is -0.423. The second kappa shape index (κ2) is 5.90. The molecule has 1 rings (SSSR count). The van der Waals surface area contributed by atoms with Gasteiger partial charge in [0, 0.05) is 12.0 Å². The van der Waals surface area contributed by atoms with Crippen LogP contribution in [0.15, 0.2) is 24.3 Å². The first-order valence-electron chi connectivity index (χ1n) is 4.95. The second-order valence-corrected chi connectivity index (χ2v) is 3.47. The molecule has 0 aliphatic heterocycles. The summed E-state index contributed by atoms with van der Waals surface area (Å²) in [6.07, 6.45) is 0.813. The van der Waals surface area contributed by atoms with Crippen molar-refractivity contribution in [2.24, 2.45) is 5.92 Å². The Morgan fingerprint density at radius 3 is 2.75 bits per heavy atom. The second-order valence-electron chi connectivity index (χ2n) is 3.47. The summed E-state index contributed by atoms with van der Waals surface area (Å²) in [6.45, 7) is 1.67. The lowest BCUT2D eigenvalue weighted by atomic mass is 10.1. The molecule has 1 unspecified atom stereocenters. The summed E-state index contributed by atoms with van der Waals surface area (Å²) in [5.41, 5.74) is 0. The zero-order valence-electron chi connectivity index (χ0n) is 9.30. The van der Waals surface area contributed by atoms with Crippen LogP contribution in [0, 0.1) is 5.92 Å². The first-order valence-corrected chi connectivity index (χ1v) is 4.95. The number of esters is 1. The van der Waals surface area contributed by atoms with Gasteiger partial charge in [-0.1, -0.05) is 13.0 Å². The number of aldehydes is 1. The van der Waals surface area contributed by atoms with Gasteiger partial charge in [0.05, 0.1) is 13.5 Å². The number of carbonyl (C=O) groups excluding carboxylic acids is 2. The number of hydrogen-bond donors (Lipinski definition) is 0. The van der Waals surface area contributed by atoms with Crippen molar-refractivity contribution in [2.75, 3.05) is 7.11 Å². The van der Waals surface area contributed by atoms with E-state index in [1.807, 2.05) is 0 Å². The Labute approximate surface area is 94.2 Å². The molecule has 0 aliphatic carbocycles. The van der Waals surface area contributed by atoms with Crippen LogP contribution in [0.1, 0.15) is 13.3 Å². The lowest BCUT2D eigenvalue weighted by molar-refractivity contribution is -0.136. The van der Waals surface area contributed by atoms with Crippen molar-refractivity contribution in [1.29, 1.82) is 0 Å². The smallest absolute Gasteiger partial charge is 0.311 e. The normalized spacial score (nSPS) is 11.6. The standard InChI is InChI=1S/C12H14O4/c1-9(8-13)6-12(14)16-11-5-3-4-10(7-11)15-2/h3-5,7-9H,6H2,1-2H3. The van der Waals surface area contributed by atoms with Gasteiger partial charge < -0.3 is 14.3 Å². The molecule has 1 aromatic rings. The first kappa shape index (κ1) is 12.2. The molecule has 1 aromatic carbocycles. The van der Waals surface area contributed by atoms with Gasteiger partial charge in [0.2, 0.25) is 0 Å². The van der Waals surface area contributed by atoms with E-state index in [-0.39, 0.29) is 12.3 Å².